The van der Waals surface area contributed by atoms with Gasteiger partial charge in [0.05, 0.1) is 12.1 Å². The highest BCUT2D eigenvalue weighted by Gasteiger charge is 2.27. The maximum atomic E-state index is 12.9. The van der Waals surface area contributed by atoms with Gasteiger partial charge in [-0.05, 0) is 30.9 Å². The van der Waals surface area contributed by atoms with Gasteiger partial charge < -0.3 is 15.0 Å². The summed E-state index contributed by atoms with van der Waals surface area (Å²) in [7, 11) is 1.58. The molecule has 1 fully saturated rings. The zero-order valence-corrected chi connectivity index (χ0v) is 14.7. The van der Waals surface area contributed by atoms with E-state index in [0.29, 0.717) is 30.3 Å². The number of hydrogen-bond donors (Lipinski definition) is 1. The number of fused-ring (bicyclic) bond motifs is 1. The van der Waals surface area contributed by atoms with E-state index in [4.69, 9.17) is 4.74 Å². The van der Waals surface area contributed by atoms with Gasteiger partial charge in [-0.15, -0.1) is 0 Å². The number of imidazole rings is 1. The fourth-order valence-corrected chi connectivity index (χ4v) is 3.06. The molecule has 0 radical (unpaired) electrons. The average Bonchev–Trinajstić information content (AvgIpc) is 3.02. The zero-order valence-electron chi connectivity index (χ0n) is 14.7. The summed E-state index contributed by atoms with van der Waals surface area (Å²) in [6, 6.07) is 5.48. The van der Waals surface area contributed by atoms with Crippen LogP contribution in [-0.4, -0.2) is 59.4 Å². The highest BCUT2D eigenvalue weighted by atomic mass is 16.5. The molecule has 1 aliphatic rings. The van der Waals surface area contributed by atoms with E-state index in [0.717, 1.165) is 25.9 Å². The minimum Gasteiger partial charge on any atom is -0.383 e. The molecule has 2 aromatic rings. The van der Waals surface area contributed by atoms with Crippen molar-refractivity contribution in [1.29, 1.82) is 0 Å². The number of nitrogens with one attached hydrogen (secondary N) is 1. The van der Waals surface area contributed by atoms with E-state index in [-0.39, 0.29) is 17.6 Å². The molecule has 1 saturated heterocycles. The molecule has 3 heterocycles. The summed E-state index contributed by atoms with van der Waals surface area (Å²) in [6.45, 7) is 4.50. The maximum Gasteiger partial charge on any atom is 0.287 e. The van der Waals surface area contributed by atoms with E-state index in [1.165, 1.54) is 0 Å². The van der Waals surface area contributed by atoms with Crippen LogP contribution in [0.1, 0.15) is 40.9 Å². The summed E-state index contributed by atoms with van der Waals surface area (Å²) in [6.07, 6.45) is 3.76. The van der Waals surface area contributed by atoms with E-state index in [1.54, 1.807) is 17.7 Å². The van der Waals surface area contributed by atoms with Crippen molar-refractivity contribution in [1.82, 2.24) is 19.6 Å². The van der Waals surface area contributed by atoms with Crippen LogP contribution < -0.4 is 5.32 Å². The molecular formula is C18H24N4O3. The van der Waals surface area contributed by atoms with Crippen molar-refractivity contribution in [3.63, 3.8) is 0 Å². The first-order valence-electron chi connectivity index (χ1n) is 8.65. The van der Waals surface area contributed by atoms with E-state index in [2.05, 4.69) is 17.2 Å². The molecule has 0 unspecified atom stereocenters. The third kappa shape index (κ3) is 3.66. The van der Waals surface area contributed by atoms with Crippen LogP contribution >= 0.6 is 0 Å². The lowest BCUT2D eigenvalue weighted by Crippen LogP contribution is -2.38. The number of pyridine rings is 1. The first-order valence-corrected chi connectivity index (χ1v) is 8.65. The number of amides is 2. The first-order chi connectivity index (χ1) is 12.1. The quantitative estimate of drug-likeness (QED) is 0.836. The van der Waals surface area contributed by atoms with Gasteiger partial charge in [0.15, 0.2) is 5.69 Å². The normalized spacial score (nSPS) is 15.5. The summed E-state index contributed by atoms with van der Waals surface area (Å²) >= 11 is 0. The molecule has 0 atom stereocenters. The number of rotatable bonds is 5. The van der Waals surface area contributed by atoms with Crippen LogP contribution in [-0.2, 0) is 4.74 Å². The number of aromatic nitrogens is 2. The Bertz CT molecular complexity index is 763. The Hall–Kier alpha value is -2.41. The monoisotopic (exact) mass is 344 g/mol. The van der Waals surface area contributed by atoms with E-state index in [9.17, 15) is 9.59 Å². The summed E-state index contributed by atoms with van der Waals surface area (Å²) < 4.78 is 6.61. The van der Waals surface area contributed by atoms with E-state index < -0.39 is 0 Å². The van der Waals surface area contributed by atoms with Gasteiger partial charge >= 0.3 is 0 Å². The van der Waals surface area contributed by atoms with Crippen molar-refractivity contribution in [2.24, 2.45) is 5.92 Å². The fraction of sp³-hybridized carbons (Fsp3) is 0.500. The average molecular weight is 344 g/mol. The summed E-state index contributed by atoms with van der Waals surface area (Å²) in [5, 5.41) is 2.76. The number of likely N-dealkylation sites (tertiary alicyclic amines) is 1. The standard InChI is InChI=1S/C18H24N4O3/c1-13-6-10-21(11-7-13)18(24)15-14-5-3-4-9-22(14)16(20-15)17(23)19-8-12-25-2/h3-5,9,13H,6-8,10-12H2,1-2H3,(H,19,23). The van der Waals surface area contributed by atoms with E-state index in [1.807, 2.05) is 23.1 Å². The molecule has 3 rings (SSSR count). The Kier molecular flexibility index (Phi) is 5.33. The van der Waals surface area contributed by atoms with Crippen LogP contribution in [0.25, 0.3) is 5.52 Å². The molecule has 0 saturated carbocycles. The third-order valence-corrected chi connectivity index (χ3v) is 4.62. The summed E-state index contributed by atoms with van der Waals surface area (Å²) in [5.41, 5.74) is 0.995. The molecule has 2 aromatic heterocycles. The molecule has 0 bridgehead atoms. The SMILES string of the molecule is COCCNC(=O)c1nc(C(=O)N2CCC(C)CC2)c2ccccn12. The van der Waals surface area contributed by atoms with Gasteiger partial charge in [0, 0.05) is 32.9 Å². The van der Waals surface area contributed by atoms with E-state index >= 15 is 0 Å². The molecule has 1 N–H and O–H groups in total. The zero-order chi connectivity index (χ0) is 17.8. The lowest BCUT2D eigenvalue weighted by atomic mass is 9.99. The van der Waals surface area contributed by atoms with Gasteiger partial charge in [0.1, 0.15) is 0 Å². The Balaban J connectivity index is 1.88. The highest BCUT2D eigenvalue weighted by Crippen LogP contribution is 2.20. The topological polar surface area (TPSA) is 75.9 Å². The van der Waals surface area contributed by atoms with Crippen LogP contribution in [0, 0.1) is 5.92 Å². The van der Waals surface area contributed by atoms with Gasteiger partial charge in [-0.25, -0.2) is 4.98 Å². The van der Waals surface area contributed by atoms with Crippen molar-refractivity contribution in [2.75, 3.05) is 33.4 Å². The molecular weight excluding hydrogens is 320 g/mol. The predicted octanol–water partition coefficient (Wildman–Crippen LogP) is 1.58. The highest BCUT2D eigenvalue weighted by molar-refractivity contribution is 6.02. The number of carbonyl (C=O) groups excluding carboxylic acids is 2. The summed E-state index contributed by atoms with van der Waals surface area (Å²) in [4.78, 5) is 31.5. The number of ether oxygens (including phenoxy) is 1. The molecule has 25 heavy (non-hydrogen) atoms. The molecule has 134 valence electrons. The van der Waals surface area contributed by atoms with Gasteiger partial charge in [-0.2, -0.15) is 0 Å². The lowest BCUT2D eigenvalue weighted by Gasteiger charge is -2.29. The molecule has 0 aliphatic carbocycles. The Morgan fingerprint density at radius 1 is 1.32 bits per heavy atom. The molecule has 0 aromatic carbocycles. The van der Waals surface area contributed by atoms with Gasteiger partial charge in [0.2, 0.25) is 5.82 Å². The number of nitrogens with zero attached hydrogens (tertiary/aromatic N) is 3. The second kappa shape index (κ2) is 7.65. The Labute approximate surface area is 147 Å². The molecule has 7 heteroatoms. The molecule has 1 aliphatic heterocycles. The van der Waals surface area contributed by atoms with Crippen LogP contribution in [0.2, 0.25) is 0 Å². The molecule has 2 amide bonds. The lowest BCUT2D eigenvalue weighted by molar-refractivity contribution is 0.0694. The van der Waals surface area contributed by atoms with Crippen molar-refractivity contribution >= 4 is 17.3 Å². The second-order valence-electron chi connectivity index (χ2n) is 6.46. The van der Waals surface area contributed by atoms with Crippen LogP contribution in [0.3, 0.4) is 0 Å². The van der Waals surface area contributed by atoms with Crippen LogP contribution in [0.4, 0.5) is 0 Å². The second-order valence-corrected chi connectivity index (χ2v) is 6.46. The number of carbonyl (C=O) groups is 2. The fourth-order valence-electron chi connectivity index (χ4n) is 3.06. The van der Waals surface area contributed by atoms with Gasteiger partial charge in [-0.1, -0.05) is 13.0 Å². The smallest absolute Gasteiger partial charge is 0.287 e. The van der Waals surface area contributed by atoms with Crippen molar-refractivity contribution in [2.45, 2.75) is 19.8 Å². The number of piperidine rings is 1. The third-order valence-electron chi connectivity index (χ3n) is 4.62. The Morgan fingerprint density at radius 2 is 2.08 bits per heavy atom. The van der Waals surface area contributed by atoms with Crippen LogP contribution in [0.15, 0.2) is 24.4 Å². The van der Waals surface area contributed by atoms with Crippen molar-refractivity contribution in [3.05, 3.63) is 35.9 Å². The van der Waals surface area contributed by atoms with Crippen molar-refractivity contribution < 1.29 is 14.3 Å². The minimum absolute atomic E-state index is 0.105. The maximum absolute atomic E-state index is 12.9. The molecule has 7 nitrogen and oxygen atoms in total. The molecule has 0 spiro atoms. The van der Waals surface area contributed by atoms with Gasteiger partial charge in [-0.3, -0.25) is 14.0 Å². The number of hydrogen-bond acceptors (Lipinski definition) is 4. The predicted molar refractivity (Wildman–Crippen MR) is 93.7 cm³/mol. The largest absolute Gasteiger partial charge is 0.383 e. The van der Waals surface area contributed by atoms with Gasteiger partial charge in [0.25, 0.3) is 11.8 Å². The minimum atomic E-state index is -0.315. The van der Waals surface area contributed by atoms with Crippen LogP contribution in [0.5, 0.6) is 0 Å². The number of methoxy groups -OCH3 is 1. The summed E-state index contributed by atoms with van der Waals surface area (Å²) in [5.74, 6) is 0.446. The van der Waals surface area contributed by atoms with Crippen molar-refractivity contribution in [3.8, 4) is 0 Å². The Morgan fingerprint density at radius 3 is 2.80 bits per heavy atom. The first kappa shape index (κ1) is 17.4.